The van der Waals surface area contributed by atoms with Crippen LogP contribution < -0.4 is 5.32 Å². The summed E-state index contributed by atoms with van der Waals surface area (Å²) in [6, 6.07) is 14.4. The van der Waals surface area contributed by atoms with Crippen LogP contribution >= 0.6 is 0 Å². The van der Waals surface area contributed by atoms with Crippen molar-refractivity contribution in [2.24, 2.45) is 5.92 Å². The zero-order valence-corrected chi connectivity index (χ0v) is 21.7. The van der Waals surface area contributed by atoms with Crippen molar-refractivity contribution in [1.82, 2.24) is 14.7 Å². The molecule has 2 heterocycles. The van der Waals surface area contributed by atoms with Crippen molar-refractivity contribution in [3.8, 4) is 5.69 Å². The summed E-state index contributed by atoms with van der Waals surface area (Å²) in [5.41, 5.74) is 3.96. The Hall–Kier alpha value is -3.48. The van der Waals surface area contributed by atoms with E-state index in [0.717, 1.165) is 61.4 Å². The lowest BCUT2D eigenvalue weighted by Crippen LogP contribution is -2.38. The number of aromatic nitrogens is 2. The quantitative estimate of drug-likeness (QED) is 0.369. The Labute approximate surface area is 217 Å². The van der Waals surface area contributed by atoms with Gasteiger partial charge in [-0.1, -0.05) is 38.0 Å². The lowest BCUT2D eigenvalue weighted by Gasteiger charge is -2.35. The number of aryl methyl sites for hydroxylation is 2. The molecule has 194 valence electrons. The summed E-state index contributed by atoms with van der Waals surface area (Å²) >= 11 is 0. The van der Waals surface area contributed by atoms with Crippen LogP contribution in [0.25, 0.3) is 5.69 Å². The molecule has 7 heteroatoms. The number of piperidine rings is 1. The standard InChI is InChI=1S/C30H35FN4O2/c1-3-21-7-6-8-24(18-21)35-28(17-20(2)33-35)30(37)32-26-19-23(13-14-25(26)31)27(15-12-22-10-11-22)34-16-5-4-9-29(34)36/h6-8,13-14,17-19,22,27H,3-5,9-12,15-16H2,1-2H3,(H,32,37). The number of rotatable bonds is 9. The second-order valence-electron chi connectivity index (χ2n) is 10.4. The van der Waals surface area contributed by atoms with E-state index < -0.39 is 11.7 Å². The van der Waals surface area contributed by atoms with Crippen molar-refractivity contribution < 1.29 is 14.0 Å². The van der Waals surface area contributed by atoms with Crippen LogP contribution in [0.2, 0.25) is 0 Å². The fourth-order valence-corrected chi connectivity index (χ4v) is 5.26. The first kappa shape index (κ1) is 25.2. The van der Waals surface area contributed by atoms with Crippen LogP contribution in [0, 0.1) is 18.7 Å². The molecule has 1 saturated carbocycles. The van der Waals surface area contributed by atoms with Crippen molar-refractivity contribution in [3.63, 3.8) is 0 Å². The Bertz CT molecular complexity index is 1300. The molecule has 37 heavy (non-hydrogen) atoms. The molecule has 2 aromatic carbocycles. The molecule has 2 fully saturated rings. The van der Waals surface area contributed by atoms with E-state index in [1.165, 1.54) is 18.9 Å². The minimum absolute atomic E-state index is 0.103. The summed E-state index contributed by atoms with van der Waals surface area (Å²) in [7, 11) is 0. The van der Waals surface area contributed by atoms with E-state index in [9.17, 15) is 14.0 Å². The van der Waals surface area contributed by atoms with Crippen molar-refractivity contribution in [1.29, 1.82) is 0 Å². The minimum Gasteiger partial charge on any atom is -0.336 e. The molecule has 1 aromatic heterocycles. The molecule has 0 bridgehead atoms. The molecule has 1 atom stereocenters. The van der Waals surface area contributed by atoms with E-state index >= 15 is 0 Å². The maximum absolute atomic E-state index is 15.0. The van der Waals surface area contributed by atoms with Gasteiger partial charge in [-0.05, 0) is 86.4 Å². The van der Waals surface area contributed by atoms with Crippen LogP contribution in [0.4, 0.5) is 10.1 Å². The van der Waals surface area contributed by atoms with Gasteiger partial charge in [0.25, 0.3) is 5.91 Å². The summed E-state index contributed by atoms with van der Waals surface area (Å²) in [4.78, 5) is 28.1. The normalized spacial score (nSPS) is 16.6. The SMILES string of the molecule is CCc1cccc(-n2nc(C)cc2C(=O)Nc2cc(C(CCC3CC3)N3CCCCC3=O)ccc2F)c1. The van der Waals surface area contributed by atoms with Gasteiger partial charge in [0, 0.05) is 13.0 Å². The van der Waals surface area contributed by atoms with Crippen molar-refractivity contribution in [2.45, 2.75) is 71.3 Å². The largest absolute Gasteiger partial charge is 0.336 e. The highest BCUT2D eigenvalue weighted by Gasteiger charge is 2.30. The third kappa shape index (κ3) is 5.76. The molecule has 2 amide bonds. The third-order valence-electron chi connectivity index (χ3n) is 7.53. The van der Waals surface area contributed by atoms with Gasteiger partial charge in [-0.3, -0.25) is 9.59 Å². The van der Waals surface area contributed by atoms with E-state index in [-0.39, 0.29) is 17.6 Å². The number of benzene rings is 2. The molecular formula is C30H35FN4O2. The summed E-state index contributed by atoms with van der Waals surface area (Å²) < 4.78 is 16.6. The van der Waals surface area contributed by atoms with Crippen LogP contribution in [-0.2, 0) is 11.2 Å². The molecular weight excluding hydrogens is 467 g/mol. The predicted molar refractivity (Wildman–Crippen MR) is 142 cm³/mol. The van der Waals surface area contributed by atoms with E-state index in [2.05, 4.69) is 17.3 Å². The Morgan fingerprint density at radius 1 is 1.16 bits per heavy atom. The van der Waals surface area contributed by atoms with Gasteiger partial charge in [0.1, 0.15) is 11.5 Å². The van der Waals surface area contributed by atoms with E-state index in [1.54, 1.807) is 22.9 Å². The van der Waals surface area contributed by atoms with Crippen LogP contribution in [0.1, 0.15) is 85.2 Å². The van der Waals surface area contributed by atoms with E-state index in [0.29, 0.717) is 17.8 Å². The molecule has 1 aliphatic carbocycles. The van der Waals surface area contributed by atoms with Gasteiger partial charge in [0.05, 0.1) is 23.1 Å². The summed E-state index contributed by atoms with van der Waals surface area (Å²) in [6.45, 7) is 4.63. The Morgan fingerprint density at radius 2 is 2.00 bits per heavy atom. The first-order valence-electron chi connectivity index (χ1n) is 13.5. The fourth-order valence-electron chi connectivity index (χ4n) is 5.26. The average molecular weight is 503 g/mol. The van der Waals surface area contributed by atoms with Crippen molar-refractivity contribution in [2.75, 3.05) is 11.9 Å². The number of likely N-dealkylation sites (tertiary alicyclic amines) is 1. The minimum atomic E-state index is -0.501. The maximum atomic E-state index is 15.0. The molecule has 0 radical (unpaired) electrons. The van der Waals surface area contributed by atoms with E-state index in [4.69, 9.17) is 0 Å². The van der Waals surface area contributed by atoms with Crippen molar-refractivity contribution in [3.05, 3.63) is 76.9 Å². The predicted octanol–water partition coefficient (Wildman–Crippen LogP) is 6.38. The lowest BCUT2D eigenvalue weighted by molar-refractivity contribution is -0.136. The van der Waals surface area contributed by atoms with Crippen molar-refractivity contribution >= 4 is 17.5 Å². The first-order valence-corrected chi connectivity index (χ1v) is 13.5. The van der Waals surface area contributed by atoms with Gasteiger partial charge >= 0.3 is 0 Å². The smallest absolute Gasteiger partial charge is 0.274 e. The number of nitrogens with one attached hydrogen (secondary N) is 1. The Morgan fingerprint density at radius 3 is 2.76 bits per heavy atom. The number of carbonyl (C=O) groups excluding carboxylic acids is 2. The van der Waals surface area contributed by atoms with Crippen LogP contribution in [0.5, 0.6) is 0 Å². The number of anilines is 1. The molecule has 1 saturated heterocycles. The van der Waals surface area contributed by atoms with Gasteiger partial charge in [0.15, 0.2) is 0 Å². The molecule has 6 nitrogen and oxygen atoms in total. The zero-order valence-electron chi connectivity index (χ0n) is 21.7. The third-order valence-corrected chi connectivity index (χ3v) is 7.53. The molecule has 5 rings (SSSR count). The van der Waals surface area contributed by atoms with Gasteiger partial charge in [-0.2, -0.15) is 5.10 Å². The molecule has 2 aliphatic rings. The first-order chi connectivity index (χ1) is 17.9. The van der Waals surface area contributed by atoms with Crippen LogP contribution in [0.15, 0.2) is 48.5 Å². The second-order valence-corrected chi connectivity index (χ2v) is 10.4. The topological polar surface area (TPSA) is 67.2 Å². The highest BCUT2D eigenvalue weighted by molar-refractivity contribution is 6.03. The summed E-state index contributed by atoms with van der Waals surface area (Å²) in [5.74, 6) is -0.0340. The van der Waals surface area contributed by atoms with E-state index in [1.807, 2.05) is 36.1 Å². The number of hydrogen-bond donors (Lipinski definition) is 1. The average Bonchev–Trinajstić information content (AvgIpc) is 3.65. The van der Waals surface area contributed by atoms with Crippen LogP contribution in [0.3, 0.4) is 0 Å². The molecule has 3 aromatic rings. The zero-order chi connectivity index (χ0) is 25.9. The highest BCUT2D eigenvalue weighted by Crippen LogP contribution is 2.39. The number of carbonyl (C=O) groups is 2. The molecule has 0 spiro atoms. The molecule has 1 unspecified atom stereocenters. The Kier molecular flexibility index (Phi) is 7.40. The summed E-state index contributed by atoms with van der Waals surface area (Å²) in [5, 5.41) is 7.31. The highest BCUT2D eigenvalue weighted by atomic mass is 19.1. The maximum Gasteiger partial charge on any atom is 0.274 e. The summed E-state index contributed by atoms with van der Waals surface area (Å²) in [6.07, 6.45) is 7.75. The lowest BCUT2D eigenvalue weighted by atomic mass is 9.95. The van der Waals surface area contributed by atoms with Gasteiger partial charge in [-0.15, -0.1) is 0 Å². The van der Waals surface area contributed by atoms with Crippen LogP contribution in [-0.4, -0.2) is 33.0 Å². The van der Waals surface area contributed by atoms with Gasteiger partial charge in [-0.25, -0.2) is 9.07 Å². The molecule has 1 N–H and O–H groups in total. The number of amides is 2. The number of halogens is 1. The number of nitrogens with zero attached hydrogens (tertiary/aromatic N) is 3. The molecule has 1 aliphatic heterocycles. The monoisotopic (exact) mass is 502 g/mol. The number of hydrogen-bond acceptors (Lipinski definition) is 3. The Balaban J connectivity index is 1.42. The van der Waals surface area contributed by atoms with Gasteiger partial charge < -0.3 is 10.2 Å². The second kappa shape index (κ2) is 10.9. The van der Waals surface area contributed by atoms with Gasteiger partial charge in [0.2, 0.25) is 5.91 Å². The fraction of sp³-hybridized carbons (Fsp3) is 0.433.